The van der Waals surface area contributed by atoms with Gasteiger partial charge in [-0.15, -0.1) is 0 Å². The van der Waals surface area contributed by atoms with Crippen LogP contribution < -0.4 is 5.32 Å². The number of carbonyl (C=O) groups excluding carboxylic acids is 2. The van der Waals surface area contributed by atoms with Gasteiger partial charge in [0, 0.05) is 10.7 Å². The fourth-order valence-corrected chi connectivity index (χ4v) is 4.25. The first-order valence-electron chi connectivity index (χ1n) is 9.18. The number of fused-ring (bicyclic) bond motifs is 1. The van der Waals surface area contributed by atoms with Gasteiger partial charge in [-0.2, -0.15) is 0 Å². The highest BCUT2D eigenvalue weighted by molar-refractivity contribution is 7.91. The SMILES string of the molecule is Cc1ccc(Cl)cc1NC(=O)COC(=O)CCS(=O)(=O)c1ccc2ccccc2c1. The standard InChI is InChI=1S/C22H20ClNO5S/c1-15-6-8-18(23)13-20(15)24-21(25)14-29-22(26)10-11-30(27,28)19-9-7-16-4-2-3-5-17(16)12-19/h2-9,12-13H,10-11,14H2,1H3,(H,24,25). The summed E-state index contributed by atoms with van der Waals surface area (Å²) in [5, 5.41) is 4.80. The monoisotopic (exact) mass is 445 g/mol. The number of aryl methyl sites for hydroxylation is 1. The van der Waals surface area contributed by atoms with Crippen LogP contribution in [0.4, 0.5) is 5.69 Å². The van der Waals surface area contributed by atoms with E-state index in [-0.39, 0.29) is 11.3 Å². The molecule has 1 N–H and O–H groups in total. The zero-order valence-corrected chi connectivity index (χ0v) is 17.8. The number of esters is 1. The Kier molecular flexibility index (Phi) is 6.74. The van der Waals surface area contributed by atoms with Crippen molar-refractivity contribution in [2.24, 2.45) is 0 Å². The van der Waals surface area contributed by atoms with E-state index in [9.17, 15) is 18.0 Å². The maximum atomic E-state index is 12.5. The van der Waals surface area contributed by atoms with Crippen molar-refractivity contribution in [2.75, 3.05) is 17.7 Å². The molecule has 6 nitrogen and oxygen atoms in total. The first-order valence-corrected chi connectivity index (χ1v) is 11.2. The van der Waals surface area contributed by atoms with Gasteiger partial charge in [0.2, 0.25) is 0 Å². The quantitative estimate of drug-likeness (QED) is 0.552. The van der Waals surface area contributed by atoms with Gasteiger partial charge in [-0.1, -0.05) is 48.0 Å². The van der Waals surface area contributed by atoms with Crippen LogP contribution in [0.1, 0.15) is 12.0 Å². The Bertz CT molecular complexity index is 1210. The van der Waals surface area contributed by atoms with Crippen LogP contribution in [0.15, 0.2) is 65.6 Å². The van der Waals surface area contributed by atoms with Crippen LogP contribution in [0, 0.1) is 6.92 Å². The molecular formula is C22H20ClNO5S. The van der Waals surface area contributed by atoms with Crippen LogP contribution in [0.25, 0.3) is 10.8 Å². The van der Waals surface area contributed by atoms with Crippen LogP contribution in [-0.4, -0.2) is 32.7 Å². The van der Waals surface area contributed by atoms with Crippen molar-refractivity contribution in [1.82, 2.24) is 0 Å². The van der Waals surface area contributed by atoms with Gasteiger partial charge < -0.3 is 10.1 Å². The van der Waals surface area contributed by atoms with E-state index < -0.39 is 34.1 Å². The third-order valence-electron chi connectivity index (χ3n) is 4.49. The minimum Gasteiger partial charge on any atom is -0.456 e. The highest BCUT2D eigenvalue weighted by atomic mass is 35.5. The number of anilines is 1. The van der Waals surface area contributed by atoms with Crippen molar-refractivity contribution in [2.45, 2.75) is 18.2 Å². The molecule has 0 aliphatic heterocycles. The van der Waals surface area contributed by atoms with Crippen molar-refractivity contribution >= 4 is 49.8 Å². The van der Waals surface area contributed by atoms with E-state index >= 15 is 0 Å². The zero-order chi connectivity index (χ0) is 21.7. The predicted octanol–water partition coefficient (Wildman–Crippen LogP) is 4.15. The number of carbonyl (C=O) groups is 2. The molecule has 3 aromatic carbocycles. The van der Waals surface area contributed by atoms with E-state index in [0.29, 0.717) is 10.7 Å². The molecular weight excluding hydrogens is 426 g/mol. The highest BCUT2D eigenvalue weighted by Crippen LogP contribution is 2.21. The fraction of sp³-hybridized carbons (Fsp3) is 0.182. The summed E-state index contributed by atoms with van der Waals surface area (Å²) in [5.41, 5.74) is 1.32. The normalized spacial score (nSPS) is 11.3. The number of hydrogen-bond donors (Lipinski definition) is 1. The molecule has 0 radical (unpaired) electrons. The molecule has 8 heteroatoms. The molecule has 3 aromatic rings. The molecule has 0 aliphatic rings. The van der Waals surface area contributed by atoms with Gasteiger partial charge in [0.1, 0.15) is 0 Å². The van der Waals surface area contributed by atoms with E-state index in [2.05, 4.69) is 5.32 Å². The van der Waals surface area contributed by atoms with Gasteiger partial charge >= 0.3 is 5.97 Å². The van der Waals surface area contributed by atoms with Gasteiger partial charge in [0.05, 0.1) is 17.1 Å². The summed E-state index contributed by atoms with van der Waals surface area (Å²) >= 11 is 5.90. The molecule has 1 amide bonds. The number of amides is 1. The molecule has 0 atom stereocenters. The molecule has 0 spiro atoms. The van der Waals surface area contributed by atoms with Gasteiger partial charge in [-0.3, -0.25) is 9.59 Å². The average molecular weight is 446 g/mol. The Labute approximate surface area is 179 Å². The largest absolute Gasteiger partial charge is 0.456 e. The summed E-state index contributed by atoms with van der Waals surface area (Å²) in [5.74, 6) is -1.71. The lowest BCUT2D eigenvalue weighted by Crippen LogP contribution is -2.22. The van der Waals surface area contributed by atoms with Gasteiger partial charge in [-0.05, 0) is 47.5 Å². The van der Waals surface area contributed by atoms with Crippen molar-refractivity contribution in [3.05, 3.63) is 71.2 Å². The van der Waals surface area contributed by atoms with Gasteiger partial charge in [-0.25, -0.2) is 8.42 Å². The minimum atomic E-state index is -3.66. The lowest BCUT2D eigenvalue weighted by Gasteiger charge is -2.10. The molecule has 0 heterocycles. The predicted molar refractivity (Wildman–Crippen MR) is 116 cm³/mol. The Balaban J connectivity index is 1.53. The topological polar surface area (TPSA) is 89.5 Å². The molecule has 0 aromatic heterocycles. The number of hydrogen-bond acceptors (Lipinski definition) is 5. The van der Waals surface area contributed by atoms with E-state index in [0.717, 1.165) is 16.3 Å². The van der Waals surface area contributed by atoms with E-state index in [1.807, 2.05) is 24.3 Å². The van der Waals surface area contributed by atoms with Crippen LogP contribution in [0.5, 0.6) is 0 Å². The second kappa shape index (κ2) is 9.28. The lowest BCUT2D eigenvalue weighted by molar-refractivity contribution is -0.146. The second-order valence-corrected chi connectivity index (χ2v) is 9.29. The summed E-state index contributed by atoms with van der Waals surface area (Å²) in [6, 6.07) is 17.3. The number of nitrogens with one attached hydrogen (secondary N) is 1. The first-order chi connectivity index (χ1) is 14.2. The molecule has 0 saturated carbocycles. The summed E-state index contributed by atoms with van der Waals surface area (Å²) in [7, 11) is -3.66. The molecule has 3 rings (SSSR count). The number of rotatable bonds is 7. The van der Waals surface area contributed by atoms with Gasteiger partial charge in [0.15, 0.2) is 16.4 Å². The molecule has 30 heavy (non-hydrogen) atoms. The number of benzene rings is 3. The molecule has 0 fully saturated rings. The second-order valence-electron chi connectivity index (χ2n) is 6.75. The summed E-state index contributed by atoms with van der Waals surface area (Å²) in [4.78, 5) is 24.0. The molecule has 0 bridgehead atoms. The smallest absolute Gasteiger partial charge is 0.307 e. The Morgan fingerprint density at radius 2 is 1.73 bits per heavy atom. The van der Waals surface area contributed by atoms with E-state index in [1.165, 1.54) is 6.07 Å². The van der Waals surface area contributed by atoms with Crippen LogP contribution in [0.3, 0.4) is 0 Å². The summed E-state index contributed by atoms with van der Waals surface area (Å²) < 4.78 is 30.0. The number of sulfone groups is 1. The van der Waals surface area contributed by atoms with E-state index in [4.69, 9.17) is 16.3 Å². The molecule has 0 unspecified atom stereocenters. The minimum absolute atomic E-state index is 0.142. The summed E-state index contributed by atoms with van der Waals surface area (Å²) in [6.07, 6.45) is -0.349. The Morgan fingerprint density at radius 1 is 1.00 bits per heavy atom. The maximum absolute atomic E-state index is 12.5. The summed E-state index contributed by atoms with van der Waals surface area (Å²) in [6.45, 7) is 1.29. The van der Waals surface area contributed by atoms with Crippen molar-refractivity contribution < 1.29 is 22.7 Å². The molecule has 0 aliphatic carbocycles. The van der Waals surface area contributed by atoms with Crippen molar-refractivity contribution in [3.8, 4) is 0 Å². The average Bonchev–Trinajstić information content (AvgIpc) is 2.73. The lowest BCUT2D eigenvalue weighted by atomic mass is 10.1. The van der Waals surface area contributed by atoms with Gasteiger partial charge in [0.25, 0.3) is 5.91 Å². The maximum Gasteiger partial charge on any atom is 0.307 e. The van der Waals surface area contributed by atoms with Crippen LogP contribution >= 0.6 is 11.6 Å². The fourth-order valence-electron chi connectivity index (χ4n) is 2.83. The van der Waals surface area contributed by atoms with E-state index in [1.54, 1.807) is 37.3 Å². The van der Waals surface area contributed by atoms with Crippen LogP contribution in [0.2, 0.25) is 5.02 Å². The van der Waals surface area contributed by atoms with Crippen LogP contribution in [-0.2, 0) is 24.2 Å². The third-order valence-corrected chi connectivity index (χ3v) is 6.44. The van der Waals surface area contributed by atoms with Crippen molar-refractivity contribution in [3.63, 3.8) is 0 Å². The molecule has 156 valence electrons. The zero-order valence-electron chi connectivity index (χ0n) is 16.2. The highest BCUT2D eigenvalue weighted by Gasteiger charge is 2.18. The Hall–Kier alpha value is -2.90. The molecule has 0 saturated heterocycles. The van der Waals surface area contributed by atoms with Crippen molar-refractivity contribution in [1.29, 1.82) is 0 Å². The first kappa shape index (κ1) is 21.8. The third kappa shape index (κ3) is 5.58. The number of ether oxygens (including phenoxy) is 1. The Morgan fingerprint density at radius 3 is 2.50 bits per heavy atom. The number of halogens is 1.